The monoisotopic (exact) mass is 279 g/mol. The van der Waals surface area contributed by atoms with E-state index >= 15 is 0 Å². The average molecular weight is 279 g/mol. The molecule has 0 aliphatic carbocycles. The Kier molecular flexibility index (Phi) is 4.23. The SMILES string of the molecule is CCNC(c1cc(C)c(F)cc1F)c1cc(C)oc1C. The van der Waals surface area contributed by atoms with Crippen LogP contribution in [-0.2, 0) is 0 Å². The minimum absolute atomic E-state index is 0.336. The Labute approximate surface area is 117 Å². The largest absolute Gasteiger partial charge is 0.466 e. The fourth-order valence-corrected chi connectivity index (χ4v) is 2.43. The van der Waals surface area contributed by atoms with Crippen molar-refractivity contribution in [2.45, 2.75) is 33.7 Å². The first-order chi connectivity index (χ1) is 9.43. The zero-order valence-electron chi connectivity index (χ0n) is 12.2. The van der Waals surface area contributed by atoms with Gasteiger partial charge in [-0.1, -0.05) is 6.92 Å². The summed E-state index contributed by atoms with van der Waals surface area (Å²) < 4.78 is 33.1. The number of benzene rings is 1. The van der Waals surface area contributed by atoms with Crippen LogP contribution < -0.4 is 5.32 Å². The third-order valence-corrected chi connectivity index (χ3v) is 3.39. The Balaban J connectivity index is 2.54. The van der Waals surface area contributed by atoms with E-state index in [9.17, 15) is 8.78 Å². The summed E-state index contributed by atoms with van der Waals surface area (Å²) in [6, 6.07) is 4.05. The molecule has 20 heavy (non-hydrogen) atoms. The Hall–Kier alpha value is -1.68. The van der Waals surface area contributed by atoms with Crippen LogP contribution in [0.5, 0.6) is 0 Å². The average Bonchev–Trinajstić information content (AvgIpc) is 2.70. The van der Waals surface area contributed by atoms with Crippen LogP contribution in [0.1, 0.15) is 41.2 Å². The number of hydrogen-bond acceptors (Lipinski definition) is 2. The van der Waals surface area contributed by atoms with Crippen molar-refractivity contribution >= 4 is 0 Å². The van der Waals surface area contributed by atoms with E-state index in [1.54, 1.807) is 13.0 Å². The lowest BCUT2D eigenvalue weighted by molar-refractivity contribution is 0.491. The van der Waals surface area contributed by atoms with Gasteiger partial charge in [-0.05, 0) is 45.0 Å². The van der Waals surface area contributed by atoms with E-state index in [2.05, 4.69) is 5.32 Å². The molecule has 1 unspecified atom stereocenters. The van der Waals surface area contributed by atoms with Gasteiger partial charge >= 0.3 is 0 Å². The molecule has 1 N–H and O–H groups in total. The van der Waals surface area contributed by atoms with Crippen molar-refractivity contribution in [2.75, 3.05) is 6.54 Å². The molecule has 0 saturated carbocycles. The molecule has 0 radical (unpaired) electrons. The predicted molar refractivity (Wildman–Crippen MR) is 74.8 cm³/mol. The van der Waals surface area contributed by atoms with Crippen LogP contribution in [0.4, 0.5) is 8.78 Å². The highest BCUT2D eigenvalue weighted by molar-refractivity contribution is 5.37. The van der Waals surface area contributed by atoms with Gasteiger partial charge in [0.25, 0.3) is 0 Å². The summed E-state index contributed by atoms with van der Waals surface area (Å²) in [4.78, 5) is 0. The zero-order chi connectivity index (χ0) is 14.9. The molecule has 0 bridgehead atoms. The molecule has 4 heteroatoms. The first-order valence-corrected chi connectivity index (χ1v) is 6.69. The summed E-state index contributed by atoms with van der Waals surface area (Å²) in [6.07, 6.45) is 0. The van der Waals surface area contributed by atoms with E-state index in [0.717, 1.165) is 23.2 Å². The minimum Gasteiger partial charge on any atom is -0.466 e. The molecule has 0 spiro atoms. The first-order valence-electron chi connectivity index (χ1n) is 6.69. The summed E-state index contributed by atoms with van der Waals surface area (Å²) in [5.74, 6) is 0.452. The Bertz CT molecular complexity index is 619. The molecule has 0 aliphatic heterocycles. The molecule has 1 atom stereocenters. The molecule has 1 aromatic carbocycles. The maximum atomic E-state index is 14.1. The molecule has 108 valence electrons. The third kappa shape index (κ3) is 2.75. The van der Waals surface area contributed by atoms with Gasteiger partial charge in [0.1, 0.15) is 23.2 Å². The van der Waals surface area contributed by atoms with Crippen molar-refractivity contribution < 1.29 is 13.2 Å². The predicted octanol–water partition coefficient (Wildman–Crippen LogP) is 4.18. The second-order valence-electron chi connectivity index (χ2n) is 4.98. The van der Waals surface area contributed by atoms with Crippen LogP contribution in [0.15, 0.2) is 22.6 Å². The number of halogens is 2. The molecular formula is C16H19F2NO. The van der Waals surface area contributed by atoms with Gasteiger partial charge in [0.15, 0.2) is 0 Å². The topological polar surface area (TPSA) is 25.2 Å². The molecular weight excluding hydrogens is 260 g/mol. The molecule has 1 aromatic heterocycles. The van der Waals surface area contributed by atoms with Gasteiger partial charge in [-0.2, -0.15) is 0 Å². The second kappa shape index (κ2) is 5.75. The quantitative estimate of drug-likeness (QED) is 0.908. The van der Waals surface area contributed by atoms with Crippen LogP contribution >= 0.6 is 0 Å². The van der Waals surface area contributed by atoms with Gasteiger partial charge in [0.05, 0.1) is 6.04 Å². The van der Waals surface area contributed by atoms with Gasteiger partial charge in [-0.3, -0.25) is 0 Å². The molecule has 1 heterocycles. The number of nitrogens with one attached hydrogen (secondary N) is 1. The van der Waals surface area contributed by atoms with E-state index in [1.807, 2.05) is 26.8 Å². The van der Waals surface area contributed by atoms with E-state index in [0.29, 0.717) is 17.7 Å². The highest BCUT2D eigenvalue weighted by Crippen LogP contribution is 2.30. The fraction of sp³-hybridized carbons (Fsp3) is 0.375. The van der Waals surface area contributed by atoms with E-state index in [4.69, 9.17) is 4.42 Å². The lowest BCUT2D eigenvalue weighted by Crippen LogP contribution is -2.23. The van der Waals surface area contributed by atoms with Crippen LogP contribution in [0.3, 0.4) is 0 Å². The van der Waals surface area contributed by atoms with Gasteiger partial charge in [-0.25, -0.2) is 8.78 Å². The number of furan rings is 1. The number of rotatable bonds is 4. The summed E-state index contributed by atoms with van der Waals surface area (Å²) in [5.41, 5.74) is 1.76. The molecule has 0 amide bonds. The molecule has 0 saturated heterocycles. The van der Waals surface area contributed by atoms with Crippen molar-refractivity contribution in [3.05, 3.63) is 58.0 Å². The zero-order valence-corrected chi connectivity index (χ0v) is 12.2. The number of hydrogen-bond donors (Lipinski definition) is 1. The molecule has 0 aliphatic rings. The number of aryl methyl sites for hydroxylation is 3. The van der Waals surface area contributed by atoms with Crippen LogP contribution in [0.2, 0.25) is 0 Å². The lowest BCUT2D eigenvalue weighted by Gasteiger charge is -2.19. The molecule has 2 rings (SSSR count). The van der Waals surface area contributed by atoms with Gasteiger partial charge in [0.2, 0.25) is 0 Å². The lowest BCUT2D eigenvalue weighted by atomic mass is 9.96. The first kappa shape index (κ1) is 14.7. The Morgan fingerprint density at radius 1 is 1.05 bits per heavy atom. The fourth-order valence-electron chi connectivity index (χ4n) is 2.43. The highest BCUT2D eigenvalue weighted by Gasteiger charge is 2.22. The van der Waals surface area contributed by atoms with Crippen LogP contribution in [-0.4, -0.2) is 6.54 Å². The standard InChI is InChI=1S/C16H19F2NO/c1-5-19-16(12-7-10(3)20-11(12)4)13-6-9(2)14(17)8-15(13)18/h6-8,16,19H,5H2,1-4H3. The van der Waals surface area contributed by atoms with Crippen molar-refractivity contribution in [2.24, 2.45) is 0 Å². The van der Waals surface area contributed by atoms with E-state index in [1.165, 1.54) is 0 Å². The van der Waals surface area contributed by atoms with E-state index < -0.39 is 11.6 Å². The third-order valence-electron chi connectivity index (χ3n) is 3.39. The van der Waals surface area contributed by atoms with Gasteiger partial charge < -0.3 is 9.73 Å². The van der Waals surface area contributed by atoms with Crippen molar-refractivity contribution in [3.63, 3.8) is 0 Å². The Morgan fingerprint density at radius 2 is 1.75 bits per heavy atom. The van der Waals surface area contributed by atoms with Crippen LogP contribution in [0, 0.1) is 32.4 Å². The van der Waals surface area contributed by atoms with Gasteiger partial charge in [0, 0.05) is 17.2 Å². The highest BCUT2D eigenvalue weighted by atomic mass is 19.1. The second-order valence-corrected chi connectivity index (χ2v) is 4.98. The maximum Gasteiger partial charge on any atom is 0.131 e. The summed E-state index contributed by atoms with van der Waals surface area (Å²) in [6.45, 7) is 7.95. The normalized spacial score (nSPS) is 12.7. The Morgan fingerprint density at radius 3 is 2.30 bits per heavy atom. The van der Waals surface area contributed by atoms with Crippen molar-refractivity contribution in [3.8, 4) is 0 Å². The van der Waals surface area contributed by atoms with Gasteiger partial charge in [-0.15, -0.1) is 0 Å². The molecule has 2 aromatic rings. The van der Waals surface area contributed by atoms with Crippen molar-refractivity contribution in [1.29, 1.82) is 0 Å². The summed E-state index contributed by atoms with van der Waals surface area (Å²) >= 11 is 0. The minimum atomic E-state index is -0.544. The molecule has 2 nitrogen and oxygen atoms in total. The summed E-state index contributed by atoms with van der Waals surface area (Å²) in [5, 5.41) is 3.23. The van der Waals surface area contributed by atoms with Crippen LogP contribution in [0.25, 0.3) is 0 Å². The smallest absolute Gasteiger partial charge is 0.131 e. The summed E-state index contributed by atoms with van der Waals surface area (Å²) in [7, 11) is 0. The van der Waals surface area contributed by atoms with E-state index in [-0.39, 0.29) is 6.04 Å². The van der Waals surface area contributed by atoms with Crippen molar-refractivity contribution in [1.82, 2.24) is 5.32 Å². The molecule has 0 fully saturated rings. The maximum absolute atomic E-state index is 14.1.